The number of rotatable bonds is 2. The molecule has 6 heteroatoms. The Labute approximate surface area is 169 Å². The average Bonchev–Trinajstić information content (AvgIpc) is 3.25. The van der Waals surface area contributed by atoms with E-state index in [1.165, 1.54) is 15.9 Å². The van der Waals surface area contributed by atoms with E-state index in [-0.39, 0.29) is 10.8 Å². The summed E-state index contributed by atoms with van der Waals surface area (Å²) in [5.74, 6) is 0.844. The van der Waals surface area contributed by atoms with E-state index in [0.29, 0.717) is 27.5 Å². The zero-order chi connectivity index (χ0) is 20.1. The number of aromatic nitrogens is 2. The number of nitrogens with zero attached hydrogens (tertiary/aromatic N) is 2. The highest BCUT2D eigenvalue weighted by molar-refractivity contribution is 7.24. The molecule has 3 heterocycles. The Balaban J connectivity index is 1.98. The second-order valence-electron chi connectivity index (χ2n) is 6.93. The van der Waals surface area contributed by atoms with E-state index in [1.807, 2.05) is 44.2 Å². The number of hydrogen-bond donors (Lipinski definition) is 0. The van der Waals surface area contributed by atoms with Gasteiger partial charge in [0.05, 0.1) is 12.0 Å². The van der Waals surface area contributed by atoms with E-state index in [1.54, 1.807) is 30.5 Å². The summed E-state index contributed by atoms with van der Waals surface area (Å²) in [7, 11) is 0. The van der Waals surface area contributed by atoms with Crippen LogP contribution < -0.4 is 11.0 Å². The fourth-order valence-corrected chi connectivity index (χ4v) is 4.47. The largest absolute Gasteiger partial charge is 0.461 e. The summed E-state index contributed by atoms with van der Waals surface area (Å²) in [4.78, 5) is 31.8. The van der Waals surface area contributed by atoms with Gasteiger partial charge in [0.25, 0.3) is 5.56 Å². The van der Waals surface area contributed by atoms with Crippen LogP contribution in [0.1, 0.15) is 11.1 Å². The van der Waals surface area contributed by atoms with Crippen molar-refractivity contribution in [2.75, 3.05) is 0 Å². The normalized spacial score (nSPS) is 11.4. The van der Waals surface area contributed by atoms with Crippen LogP contribution in [0, 0.1) is 13.8 Å². The Morgan fingerprint density at radius 2 is 1.79 bits per heavy atom. The first-order chi connectivity index (χ1) is 14.0. The molecule has 142 valence electrons. The smallest absolute Gasteiger partial charge is 0.271 e. The molecule has 0 unspecified atom stereocenters. The van der Waals surface area contributed by atoms with Gasteiger partial charge >= 0.3 is 0 Å². The standard InChI is InChI=1S/C23H16N2O3S/c1-13-9-10-15(12-14(13)2)25-21(17-7-5-11-28-17)24-22-19(23(25)27)20(26)16-6-3-4-8-18(16)29-22/h3-12H,1-2H3. The van der Waals surface area contributed by atoms with Crippen molar-refractivity contribution in [2.45, 2.75) is 13.8 Å². The summed E-state index contributed by atoms with van der Waals surface area (Å²) in [5.41, 5.74) is 2.12. The van der Waals surface area contributed by atoms with Gasteiger partial charge in [0, 0.05) is 10.1 Å². The van der Waals surface area contributed by atoms with Crippen molar-refractivity contribution < 1.29 is 4.42 Å². The fraction of sp³-hybridized carbons (Fsp3) is 0.0870. The first-order valence-electron chi connectivity index (χ1n) is 9.15. The Morgan fingerprint density at radius 1 is 0.966 bits per heavy atom. The van der Waals surface area contributed by atoms with Gasteiger partial charge in [-0.15, -0.1) is 11.3 Å². The number of furan rings is 1. The van der Waals surface area contributed by atoms with Gasteiger partial charge in [-0.1, -0.05) is 18.2 Å². The lowest BCUT2D eigenvalue weighted by Gasteiger charge is -2.13. The van der Waals surface area contributed by atoms with Crippen molar-refractivity contribution in [1.29, 1.82) is 0 Å². The highest BCUT2D eigenvalue weighted by atomic mass is 32.1. The third-order valence-electron chi connectivity index (χ3n) is 5.11. The van der Waals surface area contributed by atoms with Crippen LogP contribution in [0.15, 0.2) is 74.9 Å². The molecule has 0 amide bonds. The van der Waals surface area contributed by atoms with E-state index in [0.717, 1.165) is 15.8 Å². The minimum absolute atomic E-state index is 0.0993. The van der Waals surface area contributed by atoms with Gasteiger partial charge in [0.2, 0.25) is 5.43 Å². The minimum Gasteiger partial charge on any atom is -0.461 e. The van der Waals surface area contributed by atoms with Crippen molar-refractivity contribution >= 4 is 31.6 Å². The zero-order valence-corrected chi connectivity index (χ0v) is 16.6. The van der Waals surface area contributed by atoms with Gasteiger partial charge in [0.15, 0.2) is 11.6 Å². The molecule has 0 N–H and O–H groups in total. The first-order valence-corrected chi connectivity index (χ1v) is 9.96. The summed E-state index contributed by atoms with van der Waals surface area (Å²) >= 11 is 1.33. The van der Waals surface area contributed by atoms with Gasteiger partial charge in [0.1, 0.15) is 10.2 Å². The molecular formula is C23H16N2O3S. The molecule has 0 aliphatic rings. The zero-order valence-electron chi connectivity index (χ0n) is 15.8. The number of fused-ring (bicyclic) bond motifs is 2. The topological polar surface area (TPSA) is 65.1 Å². The van der Waals surface area contributed by atoms with Crippen LogP contribution in [-0.4, -0.2) is 9.55 Å². The van der Waals surface area contributed by atoms with E-state index < -0.39 is 5.56 Å². The second-order valence-corrected chi connectivity index (χ2v) is 7.96. The molecule has 0 fully saturated rings. The van der Waals surface area contributed by atoms with E-state index >= 15 is 0 Å². The summed E-state index contributed by atoms with van der Waals surface area (Å²) in [6.07, 6.45) is 1.54. The number of aryl methyl sites for hydroxylation is 2. The molecule has 5 nitrogen and oxygen atoms in total. The number of benzene rings is 2. The van der Waals surface area contributed by atoms with E-state index in [9.17, 15) is 9.59 Å². The minimum atomic E-state index is -0.392. The predicted octanol–water partition coefficient (Wildman–Crippen LogP) is 4.84. The van der Waals surface area contributed by atoms with Crippen LogP contribution in [0.25, 0.3) is 37.6 Å². The van der Waals surface area contributed by atoms with Crippen molar-refractivity contribution in [3.8, 4) is 17.3 Å². The molecule has 0 aliphatic heterocycles. The Bertz CT molecular complexity index is 1510. The summed E-state index contributed by atoms with van der Waals surface area (Å²) < 4.78 is 7.83. The van der Waals surface area contributed by atoms with Crippen molar-refractivity contribution in [3.63, 3.8) is 0 Å². The summed E-state index contributed by atoms with van der Waals surface area (Å²) in [6, 6.07) is 16.5. The third kappa shape index (κ3) is 2.72. The maximum absolute atomic E-state index is 13.6. The quantitative estimate of drug-likeness (QED) is 0.398. The molecule has 5 aromatic rings. The second kappa shape index (κ2) is 6.53. The lowest BCUT2D eigenvalue weighted by atomic mass is 10.1. The molecule has 0 saturated heterocycles. The molecular weight excluding hydrogens is 384 g/mol. The highest BCUT2D eigenvalue weighted by Gasteiger charge is 2.20. The molecule has 0 radical (unpaired) electrons. The molecule has 5 rings (SSSR count). The van der Waals surface area contributed by atoms with Crippen molar-refractivity contribution in [1.82, 2.24) is 9.55 Å². The van der Waals surface area contributed by atoms with Crippen LogP contribution in [-0.2, 0) is 0 Å². The highest BCUT2D eigenvalue weighted by Crippen LogP contribution is 2.27. The SMILES string of the molecule is Cc1ccc(-n2c(-c3ccco3)nc3sc4ccccc4c(=O)c3c2=O)cc1C. The van der Waals surface area contributed by atoms with Gasteiger partial charge in [-0.25, -0.2) is 4.98 Å². The Hall–Kier alpha value is -3.51. The first kappa shape index (κ1) is 17.6. The fourth-order valence-electron chi connectivity index (χ4n) is 3.43. The van der Waals surface area contributed by atoms with Gasteiger partial charge < -0.3 is 4.42 Å². The Kier molecular flexibility index (Phi) is 3.96. The molecule has 0 aliphatic carbocycles. The lowest BCUT2D eigenvalue weighted by Crippen LogP contribution is -2.26. The average molecular weight is 400 g/mol. The van der Waals surface area contributed by atoms with Crippen LogP contribution in [0.2, 0.25) is 0 Å². The Morgan fingerprint density at radius 3 is 2.55 bits per heavy atom. The van der Waals surface area contributed by atoms with Crippen LogP contribution in [0.4, 0.5) is 0 Å². The third-order valence-corrected chi connectivity index (χ3v) is 6.17. The maximum atomic E-state index is 13.6. The molecule has 0 bridgehead atoms. The number of hydrogen-bond acceptors (Lipinski definition) is 5. The van der Waals surface area contributed by atoms with Gasteiger partial charge in [-0.3, -0.25) is 14.2 Å². The van der Waals surface area contributed by atoms with Crippen LogP contribution in [0.3, 0.4) is 0 Å². The predicted molar refractivity (Wildman–Crippen MR) is 116 cm³/mol. The molecule has 2 aromatic carbocycles. The van der Waals surface area contributed by atoms with E-state index in [4.69, 9.17) is 9.40 Å². The van der Waals surface area contributed by atoms with Crippen LogP contribution in [0.5, 0.6) is 0 Å². The monoisotopic (exact) mass is 400 g/mol. The molecule has 3 aromatic heterocycles. The maximum Gasteiger partial charge on any atom is 0.271 e. The van der Waals surface area contributed by atoms with Crippen molar-refractivity contribution in [2.24, 2.45) is 0 Å². The van der Waals surface area contributed by atoms with Gasteiger partial charge in [-0.05, 0) is 61.4 Å². The van der Waals surface area contributed by atoms with Crippen molar-refractivity contribution in [3.05, 3.63) is 92.6 Å². The molecule has 29 heavy (non-hydrogen) atoms. The van der Waals surface area contributed by atoms with Crippen LogP contribution >= 0.6 is 11.3 Å². The molecule has 0 atom stereocenters. The summed E-state index contributed by atoms with van der Waals surface area (Å²) in [6.45, 7) is 4.00. The summed E-state index contributed by atoms with van der Waals surface area (Å²) in [5, 5.41) is 0.628. The van der Waals surface area contributed by atoms with Gasteiger partial charge in [-0.2, -0.15) is 0 Å². The molecule has 0 saturated carbocycles. The van der Waals surface area contributed by atoms with E-state index in [2.05, 4.69) is 0 Å². The lowest BCUT2D eigenvalue weighted by molar-refractivity contribution is 0.574. The molecule has 0 spiro atoms.